The highest BCUT2D eigenvalue weighted by molar-refractivity contribution is 5.23. The summed E-state index contributed by atoms with van der Waals surface area (Å²) in [5.41, 5.74) is 0.854. The second-order valence-electron chi connectivity index (χ2n) is 3.80. The van der Waals surface area contributed by atoms with E-state index in [1.54, 1.807) is 7.11 Å². The molecule has 5 nitrogen and oxygen atoms in total. The fourth-order valence-corrected chi connectivity index (χ4v) is 1.84. The van der Waals surface area contributed by atoms with Crippen molar-refractivity contribution in [2.75, 3.05) is 20.8 Å². The van der Waals surface area contributed by atoms with Crippen LogP contribution in [0.1, 0.15) is 24.6 Å². The Hall–Kier alpha value is -1.62. The van der Waals surface area contributed by atoms with Gasteiger partial charge in [-0.1, -0.05) is 0 Å². The molecule has 2 heterocycles. The average molecular weight is 235 g/mol. The first-order valence-corrected chi connectivity index (χ1v) is 5.71. The maximum atomic E-state index is 5.66. The summed E-state index contributed by atoms with van der Waals surface area (Å²) >= 11 is 0. The highest BCUT2D eigenvalue weighted by atomic mass is 16.5. The first kappa shape index (κ1) is 11.9. The van der Waals surface area contributed by atoms with Gasteiger partial charge in [-0.05, 0) is 26.0 Å². The van der Waals surface area contributed by atoms with Gasteiger partial charge in [0.05, 0.1) is 19.4 Å². The molecule has 1 atom stereocenters. The van der Waals surface area contributed by atoms with Crippen molar-refractivity contribution in [3.63, 3.8) is 0 Å². The van der Waals surface area contributed by atoms with Crippen molar-refractivity contribution in [1.29, 1.82) is 0 Å². The van der Waals surface area contributed by atoms with Crippen molar-refractivity contribution in [2.45, 2.75) is 18.9 Å². The molecule has 2 rings (SSSR count). The van der Waals surface area contributed by atoms with E-state index in [1.807, 2.05) is 13.1 Å². The lowest BCUT2D eigenvalue weighted by atomic mass is 10.1. The monoisotopic (exact) mass is 235 g/mol. The van der Waals surface area contributed by atoms with E-state index in [1.165, 1.54) is 6.33 Å². The fraction of sp³-hybridized carbons (Fsp3) is 0.500. The van der Waals surface area contributed by atoms with E-state index in [0.717, 1.165) is 30.9 Å². The van der Waals surface area contributed by atoms with Gasteiger partial charge in [0, 0.05) is 6.07 Å². The van der Waals surface area contributed by atoms with Crippen molar-refractivity contribution in [2.24, 2.45) is 0 Å². The third-order valence-corrected chi connectivity index (χ3v) is 2.70. The molecule has 1 unspecified atom stereocenters. The lowest BCUT2D eigenvalue weighted by molar-refractivity contribution is 0.168. The van der Waals surface area contributed by atoms with Crippen LogP contribution in [-0.4, -0.2) is 30.7 Å². The van der Waals surface area contributed by atoms with Crippen LogP contribution >= 0.6 is 0 Å². The lowest BCUT2D eigenvalue weighted by Crippen LogP contribution is -2.23. The van der Waals surface area contributed by atoms with E-state index in [4.69, 9.17) is 9.47 Å². The number of likely N-dealkylation sites (N-methyl/N-ethyl adjacent to an activating group) is 1. The molecule has 17 heavy (non-hydrogen) atoms. The van der Waals surface area contributed by atoms with Crippen molar-refractivity contribution in [3.8, 4) is 5.88 Å². The number of hydrogen-bond donors (Lipinski definition) is 1. The highest BCUT2D eigenvalue weighted by Crippen LogP contribution is 2.25. The van der Waals surface area contributed by atoms with Gasteiger partial charge in [-0.25, -0.2) is 9.97 Å². The van der Waals surface area contributed by atoms with Crippen molar-refractivity contribution in [1.82, 2.24) is 15.3 Å². The third kappa shape index (κ3) is 2.74. The van der Waals surface area contributed by atoms with Crippen LogP contribution in [0.2, 0.25) is 0 Å². The van der Waals surface area contributed by atoms with E-state index < -0.39 is 0 Å². The molecule has 0 aromatic carbocycles. The molecule has 5 heteroatoms. The summed E-state index contributed by atoms with van der Waals surface area (Å²) in [5.74, 6) is 1.49. The van der Waals surface area contributed by atoms with Gasteiger partial charge in [-0.15, -0.1) is 0 Å². The van der Waals surface area contributed by atoms with Gasteiger partial charge in [-0.2, -0.15) is 0 Å². The lowest BCUT2D eigenvalue weighted by Gasteiger charge is -2.23. The van der Waals surface area contributed by atoms with E-state index in [2.05, 4.69) is 21.4 Å². The zero-order valence-corrected chi connectivity index (χ0v) is 10.1. The number of nitrogens with one attached hydrogen (secondary N) is 1. The number of hydrogen-bond acceptors (Lipinski definition) is 5. The molecule has 0 amide bonds. The zero-order chi connectivity index (χ0) is 12.1. The SMILES string of the molecule is CNC(C1=CCCCO1)c1cc(OC)ncn1. The molecule has 0 radical (unpaired) electrons. The molecule has 0 bridgehead atoms. The molecule has 0 fully saturated rings. The quantitative estimate of drug-likeness (QED) is 0.855. The summed E-state index contributed by atoms with van der Waals surface area (Å²) in [4.78, 5) is 8.26. The molecule has 92 valence electrons. The Morgan fingerprint density at radius 2 is 2.35 bits per heavy atom. The first-order chi connectivity index (χ1) is 8.35. The molecule has 0 spiro atoms. The summed E-state index contributed by atoms with van der Waals surface area (Å²) in [5, 5.41) is 3.20. The molecular weight excluding hydrogens is 218 g/mol. The number of ether oxygens (including phenoxy) is 2. The molecule has 1 aromatic heterocycles. The first-order valence-electron chi connectivity index (χ1n) is 5.71. The van der Waals surface area contributed by atoms with Gasteiger partial charge in [0.25, 0.3) is 0 Å². The maximum absolute atomic E-state index is 5.66. The summed E-state index contributed by atoms with van der Waals surface area (Å²) < 4.78 is 10.8. The van der Waals surface area contributed by atoms with Gasteiger partial charge in [0.1, 0.15) is 18.1 Å². The summed E-state index contributed by atoms with van der Waals surface area (Å²) in [7, 11) is 3.48. The Labute approximate surface area is 101 Å². The minimum atomic E-state index is -0.0350. The van der Waals surface area contributed by atoms with E-state index >= 15 is 0 Å². The summed E-state index contributed by atoms with van der Waals surface area (Å²) in [6.07, 6.45) is 5.74. The number of aromatic nitrogens is 2. The summed E-state index contributed by atoms with van der Waals surface area (Å²) in [6.45, 7) is 0.770. The number of nitrogens with zero attached hydrogens (tertiary/aromatic N) is 2. The van der Waals surface area contributed by atoms with Crippen molar-refractivity contribution < 1.29 is 9.47 Å². The van der Waals surface area contributed by atoms with Crippen LogP contribution in [0.4, 0.5) is 0 Å². The van der Waals surface area contributed by atoms with Gasteiger partial charge < -0.3 is 14.8 Å². The minimum Gasteiger partial charge on any atom is -0.496 e. The second kappa shape index (κ2) is 5.63. The Morgan fingerprint density at radius 3 is 3.00 bits per heavy atom. The van der Waals surface area contributed by atoms with Crippen LogP contribution in [-0.2, 0) is 4.74 Å². The number of methoxy groups -OCH3 is 1. The molecule has 1 N–H and O–H groups in total. The molecule has 1 aromatic rings. The highest BCUT2D eigenvalue weighted by Gasteiger charge is 2.20. The van der Waals surface area contributed by atoms with E-state index in [0.29, 0.717) is 5.88 Å². The largest absolute Gasteiger partial charge is 0.496 e. The van der Waals surface area contributed by atoms with Crippen LogP contribution in [0.5, 0.6) is 5.88 Å². The normalized spacial score (nSPS) is 16.9. The van der Waals surface area contributed by atoms with E-state index in [9.17, 15) is 0 Å². The standard InChI is InChI=1S/C12H17N3O2/c1-13-12(10-5-3-4-6-17-10)9-7-11(16-2)15-8-14-9/h5,7-8,12-13H,3-4,6H2,1-2H3. The maximum Gasteiger partial charge on any atom is 0.216 e. The predicted molar refractivity (Wildman–Crippen MR) is 63.7 cm³/mol. The molecule has 0 aliphatic carbocycles. The van der Waals surface area contributed by atoms with Crippen LogP contribution in [0.25, 0.3) is 0 Å². The minimum absolute atomic E-state index is 0.0350. The van der Waals surface area contributed by atoms with Gasteiger partial charge in [0.15, 0.2) is 0 Å². The van der Waals surface area contributed by atoms with Crippen molar-refractivity contribution >= 4 is 0 Å². The van der Waals surface area contributed by atoms with Gasteiger partial charge in [-0.3, -0.25) is 0 Å². The number of allylic oxidation sites excluding steroid dienone is 1. The Kier molecular flexibility index (Phi) is 3.93. The van der Waals surface area contributed by atoms with Crippen LogP contribution in [0.3, 0.4) is 0 Å². The van der Waals surface area contributed by atoms with Crippen LogP contribution < -0.4 is 10.1 Å². The smallest absolute Gasteiger partial charge is 0.216 e. The molecule has 0 saturated carbocycles. The molecule has 1 aliphatic rings. The fourth-order valence-electron chi connectivity index (χ4n) is 1.84. The topological polar surface area (TPSA) is 56.3 Å². The van der Waals surface area contributed by atoms with Crippen LogP contribution in [0, 0.1) is 0 Å². The second-order valence-corrected chi connectivity index (χ2v) is 3.80. The third-order valence-electron chi connectivity index (χ3n) is 2.70. The Bertz CT molecular complexity index is 406. The van der Waals surface area contributed by atoms with E-state index in [-0.39, 0.29) is 6.04 Å². The van der Waals surface area contributed by atoms with Gasteiger partial charge >= 0.3 is 0 Å². The Balaban J connectivity index is 2.24. The zero-order valence-electron chi connectivity index (χ0n) is 10.1. The molecular formula is C12H17N3O2. The average Bonchev–Trinajstić information content (AvgIpc) is 2.41. The molecule has 1 aliphatic heterocycles. The molecule has 0 saturated heterocycles. The number of rotatable bonds is 4. The Morgan fingerprint density at radius 1 is 1.47 bits per heavy atom. The summed E-state index contributed by atoms with van der Waals surface area (Å²) in [6, 6.07) is 1.78. The van der Waals surface area contributed by atoms with Crippen LogP contribution in [0.15, 0.2) is 24.2 Å². The van der Waals surface area contributed by atoms with Gasteiger partial charge in [0.2, 0.25) is 5.88 Å². The predicted octanol–water partition coefficient (Wildman–Crippen LogP) is 1.44. The van der Waals surface area contributed by atoms with Crippen molar-refractivity contribution in [3.05, 3.63) is 29.9 Å².